The lowest BCUT2D eigenvalue weighted by atomic mass is 9.93. The number of piperidine rings is 1. The van der Waals surface area contributed by atoms with Gasteiger partial charge in [0.25, 0.3) is 5.91 Å². The first-order valence-electron chi connectivity index (χ1n) is 13.8. The Morgan fingerprint density at radius 1 is 1.12 bits per heavy atom. The second-order valence-corrected chi connectivity index (χ2v) is 13.0. The number of hydrogen-bond acceptors (Lipinski definition) is 9. The highest BCUT2D eigenvalue weighted by Gasteiger charge is 2.44. The van der Waals surface area contributed by atoms with Crippen LogP contribution >= 0.6 is 0 Å². The topological polar surface area (TPSA) is 137 Å². The van der Waals surface area contributed by atoms with Crippen LogP contribution in [0.4, 0.5) is 23.0 Å². The number of amides is 1. The first-order chi connectivity index (χ1) is 19.2. The average molecular weight is 570 g/mol. The fraction of sp³-hybridized carbons (Fsp3) is 0.500. The molecule has 1 saturated carbocycles. The zero-order chi connectivity index (χ0) is 27.9. The summed E-state index contributed by atoms with van der Waals surface area (Å²) >= 11 is 0. The van der Waals surface area contributed by atoms with Gasteiger partial charge in [-0.05, 0) is 68.4 Å². The van der Waals surface area contributed by atoms with E-state index in [1.165, 1.54) is 12.8 Å². The first kappa shape index (κ1) is 26.9. The van der Waals surface area contributed by atoms with Crippen molar-refractivity contribution < 1.29 is 27.5 Å². The van der Waals surface area contributed by atoms with Gasteiger partial charge in [-0.3, -0.25) is 9.52 Å². The summed E-state index contributed by atoms with van der Waals surface area (Å²) in [5, 5.41) is 12.9. The third-order valence-corrected chi connectivity index (χ3v) is 9.46. The van der Waals surface area contributed by atoms with Crippen LogP contribution in [-0.2, 0) is 14.8 Å². The zero-order valence-electron chi connectivity index (χ0n) is 22.6. The molecule has 3 N–H and O–H groups in total. The molecule has 1 aliphatic carbocycles. The SMILES string of the molecule is C[C@H]1CN(c2nc(NC(=O)c3ccc(NS(=O)(=O)CCO)cc3N3CCC4(CC3)CC4)cc3ccoc23)CCO1. The Labute approximate surface area is 233 Å². The van der Waals surface area contributed by atoms with Crippen LogP contribution in [-0.4, -0.2) is 75.7 Å². The van der Waals surface area contributed by atoms with Crippen LogP contribution in [0, 0.1) is 5.41 Å². The molecule has 1 atom stereocenters. The lowest BCUT2D eigenvalue weighted by molar-refractivity contribution is 0.0530. The van der Waals surface area contributed by atoms with E-state index in [1.54, 1.807) is 30.5 Å². The number of furan rings is 1. The number of anilines is 4. The summed E-state index contributed by atoms with van der Waals surface area (Å²) < 4.78 is 38.6. The van der Waals surface area contributed by atoms with Gasteiger partial charge in [-0.15, -0.1) is 0 Å². The molecule has 4 heterocycles. The van der Waals surface area contributed by atoms with Gasteiger partial charge in [0.1, 0.15) is 5.82 Å². The van der Waals surface area contributed by atoms with Gasteiger partial charge in [0.15, 0.2) is 11.4 Å². The number of fused-ring (bicyclic) bond motifs is 1. The molecule has 12 heteroatoms. The lowest BCUT2D eigenvalue weighted by Crippen LogP contribution is -2.41. The molecule has 3 fully saturated rings. The van der Waals surface area contributed by atoms with Gasteiger partial charge in [-0.25, -0.2) is 13.4 Å². The predicted octanol–water partition coefficient (Wildman–Crippen LogP) is 3.42. The van der Waals surface area contributed by atoms with Gasteiger partial charge < -0.3 is 29.4 Å². The number of nitrogens with zero attached hydrogens (tertiary/aromatic N) is 3. The van der Waals surface area contributed by atoms with E-state index < -0.39 is 22.4 Å². The third-order valence-electron chi connectivity index (χ3n) is 8.20. The Bertz CT molecular complexity index is 1510. The van der Waals surface area contributed by atoms with Crippen molar-refractivity contribution in [2.45, 2.75) is 38.7 Å². The number of carbonyl (C=O) groups is 1. The minimum atomic E-state index is -3.71. The molecule has 3 aromatic rings. The molecule has 0 radical (unpaired) electrons. The van der Waals surface area contributed by atoms with Crippen LogP contribution in [0.5, 0.6) is 0 Å². The Balaban J connectivity index is 1.30. The molecule has 1 spiro atoms. The van der Waals surface area contributed by atoms with E-state index in [-0.39, 0.29) is 12.0 Å². The standard InChI is InChI=1S/C28H35N5O6S/c1-19-18-33(11-14-38-19)26-25-20(4-13-39-25)16-24(29-26)30-27(35)22-3-2-21(31-40(36,37)15-12-34)17-23(22)32-9-7-28(5-6-28)8-10-32/h2-4,13,16-17,19,31,34H,5-12,14-15,18H2,1H3,(H,29,30,35)/t19-/m0/s1. The summed E-state index contributed by atoms with van der Waals surface area (Å²) in [5.41, 5.74) is 2.57. The number of morpholine rings is 1. The molecule has 2 aliphatic heterocycles. The van der Waals surface area contributed by atoms with E-state index in [9.17, 15) is 13.2 Å². The van der Waals surface area contributed by atoms with Crippen LogP contribution in [0.25, 0.3) is 11.0 Å². The summed E-state index contributed by atoms with van der Waals surface area (Å²) in [4.78, 5) is 22.8. The molecule has 6 rings (SSSR count). The number of aliphatic hydroxyl groups is 1. The fourth-order valence-corrected chi connectivity index (χ4v) is 6.56. The molecular weight excluding hydrogens is 534 g/mol. The number of sulfonamides is 1. The van der Waals surface area contributed by atoms with Crippen molar-refractivity contribution in [2.24, 2.45) is 5.41 Å². The highest BCUT2D eigenvalue weighted by molar-refractivity contribution is 7.92. The number of benzene rings is 1. The molecule has 0 bridgehead atoms. The van der Waals surface area contributed by atoms with Crippen molar-refractivity contribution in [3.05, 3.63) is 42.2 Å². The van der Waals surface area contributed by atoms with E-state index in [0.717, 1.165) is 31.3 Å². The quantitative estimate of drug-likeness (QED) is 0.373. The normalized spacial score (nSPS) is 20.6. The second-order valence-electron chi connectivity index (χ2n) is 11.1. The predicted molar refractivity (Wildman–Crippen MR) is 154 cm³/mol. The number of rotatable bonds is 8. The Hall–Kier alpha value is -3.35. The van der Waals surface area contributed by atoms with Crippen molar-refractivity contribution in [1.82, 2.24) is 4.98 Å². The molecule has 40 heavy (non-hydrogen) atoms. The van der Waals surface area contributed by atoms with Crippen LogP contribution < -0.4 is 19.8 Å². The number of aromatic nitrogens is 1. The van der Waals surface area contributed by atoms with E-state index >= 15 is 0 Å². The Kier molecular flexibility index (Phi) is 7.09. The molecule has 2 saturated heterocycles. The fourth-order valence-electron chi connectivity index (χ4n) is 5.73. The van der Waals surface area contributed by atoms with Gasteiger partial charge in [0, 0.05) is 31.6 Å². The van der Waals surface area contributed by atoms with Crippen LogP contribution in [0.3, 0.4) is 0 Å². The summed E-state index contributed by atoms with van der Waals surface area (Å²) in [6.45, 7) is 5.04. The highest BCUT2D eigenvalue weighted by Crippen LogP contribution is 2.54. The van der Waals surface area contributed by atoms with Crippen molar-refractivity contribution >= 4 is 49.9 Å². The molecule has 1 aromatic carbocycles. The number of nitrogens with one attached hydrogen (secondary N) is 2. The van der Waals surface area contributed by atoms with Gasteiger partial charge in [0.2, 0.25) is 10.0 Å². The monoisotopic (exact) mass is 569 g/mol. The van der Waals surface area contributed by atoms with Crippen LogP contribution in [0.15, 0.2) is 41.0 Å². The molecule has 1 amide bonds. The van der Waals surface area contributed by atoms with Crippen LogP contribution in [0.1, 0.15) is 43.0 Å². The molecule has 3 aliphatic rings. The molecule has 2 aromatic heterocycles. The number of pyridine rings is 1. The maximum Gasteiger partial charge on any atom is 0.258 e. The van der Waals surface area contributed by atoms with Crippen molar-refractivity contribution in [3.8, 4) is 0 Å². The van der Waals surface area contributed by atoms with E-state index in [2.05, 4.69) is 19.8 Å². The second kappa shape index (κ2) is 10.6. The summed E-state index contributed by atoms with van der Waals surface area (Å²) in [7, 11) is -3.71. The number of aliphatic hydroxyl groups excluding tert-OH is 1. The lowest BCUT2D eigenvalue weighted by Gasteiger charge is -2.35. The number of carbonyl (C=O) groups excluding carboxylic acids is 1. The average Bonchev–Trinajstić information content (AvgIpc) is 3.50. The van der Waals surface area contributed by atoms with Gasteiger partial charge in [-0.2, -0.15) is 0 Å². The van der Waals surface area contributed by atoms with Crippen molar-refractivity contribution in [3.63, 3.8) is 0 Å². The largest absolute Gasteiger partial charge is 0.460 e. The Morgan fingerprint density at radius 2 is 1.93 bits per heavy atom. The highest BCUT2D eigenvalue weighted by atomic mass is 32.2. The van der Waals surface area contributed by atoms with Gasteiger partial charge in [0.05, 0.1) is 48.3 Å². The van der Waals surface area contributed by atoms with Gasteiger partial charge in [-0.1, -0.05) is 0 Å². The number of hydrogen-bond donors (Lipinski definition) is 3. The molecule has 11 nitrogen and oxygen atoms in total. The number of ether oxygens (including phenoxy) is 1. The van der Waals surface area contributed by atoms with Gasteiger partial charge >= 0.3 is 0 Å². The van der Waals surface area contributed by atoms with E-state index in [0.29, 0.717) is 59.3 Å². The molecule has 0 unspecified atom stereocenters. The minimum Gasteiger partial charge on any atom is -0.460 e. The van der Waals surface area contributed by atoms with Crippen LogP contribution in [0.2, 0.25) is 0 Å². The summed E-state index contributed by atoms with van der Waals surface area (Å²) in [5.74, 6) is 0.335. The minimum absolute atomic E-state index is 0.0500. The van der Waals surface area contributed by atoms with Crippen molar-refractivity contribution in [1.29, 1.82) is 0 Å². The van der Waals surface area contributed by atoms with E-state index in [1.807, 2.05) is 13.0 Å². The Morgan fingerprint density at radius 3 is 2.65 bits per heavy atom. The van der Waals surface area contributed by atoms with E-state index in [4.69, 9.17) is 19.2 Å². The maximum absolute atomic E-state index is 13.7. The first-order valence-corrected chi connectivity index (χ1v) is 15.5. The third kappa shape index (κ3) is 5.61. The maximum atomic E-state index is 13.7. The molecular formula is C28H35N5O6S. The smallest absolute Gasteiger partial charge is 0.258 e. The molecule has 214 valence electrons. The summed E-state index contributed by atoms with van der Waals surface area (Å²) in [6.07, 6.45) is 6.27. The zero-order valence-corrected chi connectivity index (χ0v) is 23.4. The van der Waals surface area contributed by atoms with Crippen molar-refractivity contribution in [2.75, 3.05) is 65.0 Å². The summed E-state index contributed by atoms with van der Waals surface area (Å²) in [6, 6.07) is 8.57.